The van der Waals surface area contributed by atoms with Gasteiger partial charge in [0, 0.05) is 20.9 Å². The average Bonchev–Trinajstić information content (AvgIpc) is 2.73. The maximum atomic E-state index is 4.35. The molecule has 2 heterocycles. The molecule has 0 aliphatic heterocycles. The van der Waals surface area contributed by atoms with Gasteiger partial charge in [-0.25, -0.2) is 4.98 Å². The van der Waals surface area contributed by atoms with Crippen molar-refractivity contribution in [2.45, 2.75) is 0 Å². The Labute approximate surface area is 106 Å². The maximum absolute atomic E-state index is 4.35. The fraction of sp³-hybridized carbons (Fsp3) is 0. The zero-order valence-electron chi connectivity index (χ0n) is 8.35. The van der Waals surface area contributed by atoms with Crippen molar-refractivity contribution in [1.29, 1.82) is 0 Å². The van der Waals surface area contributed by atoms with Crippen molar-refractivity contribution in [2.24, 2.45) is 0 Å². The van der Waals surface area contributed by atoms with Crippen LogP contribution in [0, 0.1) is 0 Å². The summed E-state index contributed by atoms with van der Waals surface area (Å²) < 4.78 is 1.11. The summed E-state index contributed by atoms with van der Waals surface area (Å²) in [5.74, 6) is 0. The Morgan fingerprint density at radius 1 is 1.06 bits per heavy atom. The van der Waals surface area contributed by atoms with E-state index < -0.39 is 0 Å². The molecule has 0 unspecified atom stereocenters. The zero-order chi connectivity index (χ0) is 11.0. The minimum Gasteiger partial charge on any atom is -0.245 e. The highest BCUT2D eigenvalue weighted by Crippen LogP contribution is 2.32. The van der Waals surface area contributed by atoms with E-state index in [2.05, 4.69) is 57.3 Å². The third-order valence-electron chi connectivity index (χ3n) is 2.42. The molecule has 0 radical (unpaired) electrons. The van der Waals surface area contributed by atoms with E-state index in [0.29, 0.717) is 0 Å². The van der Waals surface area contributed by atoms with Gasteiger partial charge in [-0.15, -0.1) is 11.3 Å². The lowest BCUT2D eigenvalue weighted by molar-refractivity contribution is 1.45. The van der Waals surface area contributed by atoms with Crippen LogP contribution in [0.25, 0.3) is 20.7 Å². The highest BCUT2D eigenvalue weighted by Gasteiger charge is 2.04. The van der Waals surface area contributed by atoms with Crippen molar-refractivity contribution in [3.05, 3.63) is 53.1 Å². The average molecular weight is 290 g/mol. The number of benzene rings is 1. The van der Waals surface area contributed by atoms with Crippen molar-refractivity contribution in [2.75, 3.05) is 0 Å². The van der Waals surface area contributed by atoms with Gasteiger partial charge in [0.15, 0.2) is 0 Å². The molecule has 0 amide bonds. The molecule has 0 fully saturated rings. The molecule has 0 atom stereocenters. The van der Waals surface area contributed by atoms with Crippen LogP contribution >= 0.6 is 27.3 Å². The molecule has 1 nitrogen and oxygen atoms in total. The normalized spacial score (nSPS) is 10.8. The van der Waals surface area contributed by atoms with E-state index in [1.54, 1.807) is 11.3 Å². The molecule has 3 rings (SSSR count). The summed E-state index contributed by atoms with van der Waals surface area (Å²) in [6, 6.07) is 14.6. The second kappa shape index (κ2) is 4.00. The SMILES string of the molecule is Brc1ccc(-c2cc3cccnc3s2)cc1. The Balaban J connectivity index is 2.15. The predicted octanol–water partition coefficient (Wildman–Crippen LogP) is 4.73. The van der Waals surface area contributed by atoms with Crippen LogP contribution in [0.5, 0.6) is 0 Å². The molecule has 78 valence electrons. The van der Waals surface area contributed by atoms with Gasteiger partial charge >= 0.3 is 0 Å². The van der Waals surface area contributed by atoms with Gasteiger partial charge in [-0.05, 0) is 29.8 Å². The van der Waals surface area contributed by atoms with Crippen molar-refractivity contribution in [1.82, 2.24) is 4.98 Å². The van der Waals surface area contributed by atoms with Crippen LogP contribution in [0.2, 0.25) is 0 Å². The molecule has 0 bridgehead atoms. The number of aromatic nitrogens is 1. The Hall–Kier alpha value is -1.19. The molecule has 0 aliphatic rings. The number of rotatable bonds is 1. The van der Waals surface area contributed by atoms with Crippen molar-refractivity contribution in [3.63, 3.8) is 0 Å². The molecule has 2 aromatic heterocycles. The summed E-state index contributed by atoms with van der Waals surface area (Å²) in [6.45, 7) is 0. The third-order valence-corrected chi connectivity index (χ3v) is 4.06. The molecule has 0 spiro atoms. The Morgan fingerprint density at radius 2 is 1.88 bits per heavy atom. The number of halogens is 1. The van der Waals surface area contributed by atoms with Crippen molar-refractivity contribution in [3.8, 4) is 10.4 Å². The minimum atomic E-state index is 1.10. The lowest BCUT2D eigenvalue weighted by Crippen LogP contribution is -1.70. The van der Waals surface area contributed by atoms with Gasteiger partial charge in [0.2, 0.25) is 0 Å². The fourth-order valence-electron chi connectivity index (χ4n) is 1.63. The molecule has 0 aliphatic carbocycles. The number of nitrogens with zero attached hydrogens (tertiary/aromatic N) is 1. The van der Waals surface area contributed by atoms with Gasteiger partial charge in [-0.3, -0.25) is 0 Å². The van der Waals surface area contributed by atoms with Crippen LogP contribution in [-0.2, 0) is 0 Å². The van der Waals surface area contributed by atoms with E-state index in [1.165, 1.54) is 15.8 Å². The quantitative estimate of drug-likeness (QED) is 0.631. The number of hydrogen-bond donors (Lipinski definition) is 0. The topological polar surface area (TPSA) is 12.9 Å². The van der Waals surface area contributed by atoms with Crippen molar-refractivity contribution < 1.29 is 0 Å². The molecular weight excluding hydrogens is 282 g/mol. The lowest BCUT2D eigenvalue weighted by Gasteiger charge is -1.95. The lowest BCUT2D eigenvalue weighted by atomic mass is 10.2. The monoisotopic (exact) mass is 289 g/mol. The molecule has 0 saturated heterocycles. The predicted molar refractivity (Wildman–Crippen MR) is 72.8 cm³/mol. The molecule has 0 N–H and O–H groups in total. The second-order valence-electron chi connectivity index (χ2n) is 3.52. The fourth-order valence-corrected chi connectivity index (χ4v) is 2.90. The van der Waals surface area contributed by atoms with E-state index in [1.807, 2.05) is 12.3 Å². The van der Waals surface area contributed by atoms with E-state index >= 15 is 0 Å². The molecule has 1 aromatic carbocycles. The van der Waals surface area contributed by atoms with E-state index in [-0.39, 0.29) is 0 Å². The smallest absolute Gasteiger partial charge is 0.123 e. The van der Waals surface area contributed by atoms with Crippen LogP contribution in [-0.4, -0.2) is 4.98 Å². The first-order valence-corrected chi connectivity index (χ1v) is 6.54. The van der Waals surface area contributed by atoms with Crippen LogP contribution in [0.1, 0.15) is 0 Å². The minimum absolute atomic E-state index is 1.10. The first-order chi connectivity index (χ1) is 7.83. The standard InChI is InChI=1S/C13H8BrNS/c14-11-5-3-9(4-6-11)12-8-10-2-1-7-15-13(10)16-12/h1-8H. The molecule has 3 aromatic rings. The highest BCUT2D eigenvalue weighted by molar-refractivity contribution is 9.10. The van der Waals surface area contributed by atoms with Gasteiger partial charge < -0.3 is 0 Å². The molecule has 0 saturated carbocycles. The molecular formula is C13H8BrNS. The summed E-state index contributed by atoms with van der Waals surface area (Å²) in [4.78, 5) is 6.72. The number of fused-ring (bicyclic) bond motifs is 1. The van der Waals surface area contributed by atoms with Gasteiger partial charge in [0.1, 0.15) is 4.83 Å². The summed E-state index contributed by atoms with van der Waals surface area (Å²) in [7, 11) is 0. The summed E-state index contributed by atoms with van der Waals surface area (Å²) in [5.41, 5.74) is 1.24. The van der Waals surface area contributed by atoms with Crippen LogP contribution in [0.4, 0.5) is 0 Å². The zero-order valence-corrected chi connectivity index (χ0v) is 10.8. The summed E-state index contributed by atoms with van der Waals surface area (Å²) in [6.07, 6.45) is 1.84. The Kier molecular flexibility index (Phi) is 2.50. The van der Waals surface area contributed by atoms with E-state index in [4.69, 9.17) is 0 Å². The second-order valence-corrected chi connectivity index (χ2v) is 5.46. The Bertz CT molecular complexity index is 595. The summed E-state index contributed by atoms with van der Waals surface area (Å²) in [5, 5.41) is 1.21. The van der Waals surface area contributed by atoms with E-state index in [0.717, 1.165) is 9.30 Å². The van der Waals surface area contributed by atoms with Gasteiger partial charge in [-0.2, -0.15) is 0 Å². The first-order valence-electron chi connectivity index (χ1n) is 4.93. The maximum Gasteiger partial charge on any atom is 0.123 e. The number of thiophene rings is 1. The van der Waals surface area contributed by atoms with Gasteiger partial charge in [0.25, 0.3) is 0 Å². The Morgan fingerprint density at radius 3 is 2.62 bits per heavy atom. The van der Waals surface area contributed by atoms with E-state index in [9.17, 15) is 0 Å². The molecule has 16 heavy (non-hydrogen) atoms. The summed E-state index contributed by atoms with van der Waals surface area (Å²) >= 11 is 5.17. The van der Waals surface area contributed by atoms with Gasteiger partial charge in [-0.1, -0.05) is 34.1 Å². The van der Waals surface area contributed by atoms with Gasteiger partial charge in [0.05, 0.1) is 0 Å². The van der Waals surface area contributed by atoms with Crippen molar-refractivity contribution >= 4 is 37.5 Å². The third kappa shape index (κ3) is 1.77. The number of hydrogen-bond acceptors (Lipinski definition) is 2. The van der Waals surface area contributed by atoms with Crippen LogP contribution in [0.15, 0.2) is 53.1 Å². The largest absolute Gasteiger partial charge is 0.245 e. The molecule has 3 heteroatoms. The first kappa shape index (κ1) is 10.00. The van der Waals surface area contributed by atoms with Crippen LogP contribution in [0.3, 0.4) is 0 Å². The van der Waals surface area contributed by atoms with Crippen LogP contribution < -0.4 is 0 Å². The highest BCUT2D eigenvalue weighted by atomic mass is 79.9. The number of pyridine rings is 1.